The minimum atomic E-state index is -0.688. The number of anilines is 1. The second-order valence-electron chi connectivity index (χ2n) is 3.97. The molecular weight excluding hydrogens is 290 g/mol. The number of rotatable bonds is 5. The number of aromatic nitrogens is 4. The molecular formula is C13H13N5O4. The van der Waals surface area contributed by atoms with Crippen LogP contribution in [-0.2, 0) is 19.1 Å². The number of methoxy groups -OCH3 is 2. The van der Waals surface area contributed by atoms with Crippen molar-refractivity contribution in [3.63, 3.8) is 0 Å². The average molecular weight is 303 g/mol. The summed E-state index contributed by atoms with van der Waals surface area (Å²) >= 11 is 0. The van der Waals surface area contributed by atoms with Crippen LogP contribution in [0.25, 0.3) is 5.69 Å². The van der Waals surface area contributed by atoms with Gasteiger partial charge in [0.2, 0.25) is 0 Å². The summed E-state index contributed by atoms with van der Waals surface area (Å²) < 4.78 is 9.09. The van der Waals surface area contributed by atoms with E-state index in [1.807, 2.05) is 0 Å². The molecule has 114 valence electrons. The number of tetrazole rings is 1. The molecule has 0 saturated carbocycles. The predicted molar refractivity (Wildman–Crippen MR) is 74.9 cm³/mol. The fourth-order valence-electron chi connectivity index (χ4n) is 1.55. The van der Waals surface area contributed by atoms with Gasteiger partial charge in [0.1, 0.15) is 5.70 Å². The number of nitrogens with zero attached hydrogens (tertiary/aromatic N) is 4. The van der Waals surface area contributed by atoms with Crippen LogP contribution in [0.1, 0.15) is 0 Å². The molecule has 1 aromatic carbocycles. The summed E-state index contributed by atoms with van der Waals surface area (Å²) in [7, 11) is 2.43. The third kappa shape index (κ3) is 3.66. The van der Waals surface area contributed by atoms with Crippen LogP contribution in [-0.4, -0.2) is 46.4 Å². The SMILES string of the molecule is COC(=O)/C=C(/Nc1ccc(-n2ncnn2)cc1)C(=O)OC. The first-order valence-electron chi connectivity index (χ1n) is 6.12. The lowest BCUT2D eigenvalue weighted by Crippen LogP contribution is -2.15. The highest BCUT2D eigenvalue weighted by atomic mass is 16.5. The first-order chi connectivity index (χ1) is 10.6. The van der Waals surface area contributed by atoms with E-state index in [4.69, 9.17) is 0 Å². The molecule has 9 heteroatoms. The minimum Gasteiger partial charge on any atom is -0.466 e. The molecule has 0 aliphatic carbocycles. The van der Waals surface area contributed by atoms with Gasteiger partial charge in [-0.15, -0.1) is 15.0 Å². The molecule has 0 saturated heterocycles. The number of nitrogens with one attached hydrogen (secondary N) is 1. The van der Waals surface area contributed by atoms with Crippen molar-refractivity contribution in [3.05, 3.63) is 42.4 Å². The van der Waals surface area contributed by atoms with Crippen LogP contribution in [0.5, 0.6) is 0 Å². The Hall–Kier alpha value is -3.23. The van der Waals surface area contributed by atoms with E-state index in [1.165, 1.54) is 25.3 Å². The maximum Gasteiger partial charge on any atom is 0.354 e. The molecule has 2 rings (SSSR count). The molecule has 1 N–H and O–H groups in total. The third-order valence-electron chi connectivity index (χ3n) is 2.59. The van der Waals surface area contributed by atoms with Gasteiger partial charge in [0.15, 0.2) is 6.33 Å². The van der Waals surface area contributed by atoms with Gasteiger partial charge in [0.25, 0.3) is 0 Å². The first kappa shape index (κ1) is 15.2. The van der Waals surface area contributed by atoms with Gasteiger partial charge < -0.3 is 14.8 Å². The molecule has 0 bridgehead atoms. The molecule has 0 aliphatic rings. The van der Waals surface area contributed by atoms with Gasteiger partial charge in [0.05, 0.1) is 26.0 Å². The molecule has 0 spiro atoms. The molecule has 2 aromatic rings. The van der Waals surface area contributed by atoms with Crippen molar-refractivity contribution in [2.45, 2.75) is 0 Å². The zero-order chi connectivity index (χ0) is 15.9. The Labute approximate surface area is 125 Å². The van der Waals surface area contributed by atoms with Crippen molar-refractivity contribution >= 4 is 17.6 Å². The summed E-state index contributed by atoms with van der Waals surface area (Å²) in [6, 6.07) is 6.81. The smallest absolute Gasteiger partial charge is 0.354 e. The van der Waals surface area contributed by atoms with E-state index in [9.17, 15) is 9.59 Å². The van der Waals surface area contributed by atoms with Crippen molar-refractivity contribution in [1.82, 2.24) is 20.2 Å². The van der Waals surface area contributed by atoms with Crippen molar-refractivity contribution in [1.29, 1.82) is 0 Å². The van der Waals surface area contributed by atoms with Crippen molar-refractivity contribution in [2.24, 2.45) is 0 Å². The average Bonchev–Trinajstić information content (AvgIpc) is 3.08. The molecule has 9 nitrogen and oxygen atoms in total. The van der Waals surface area contributed by atoms with Crippen LogP contribution >= 0.6 is 0 Å². The first-order valence-corrected chi connectivity index (χ1v) is 6.12. The van der Waals surface area contributed by atoms with Gasteiger partial charge in [-0.25, -0.2) is 9.59 Å². The molecule has 0 radical (unpaired) electrons. The Kier molecular flexibility index (Phi) is 4.81. The topological polar surface area (TPSA) is 108 Å². The summed E-state index contributed by atoms with van der Waals surface area (Å²) in [6.45, 7) is 0. The highest BCUT2D eigenvalue weighted by Crippen LogP contribution is 2.14. The lowest BCUT2D eigenvalue weighted by atomic mass is 10.2. The highest BCUT2D eigenvalue weighted by Gasteiger charge is 2.12. The monoisotopic (exact) mass is 303 g/mol. The number of benzene rings is 1. The summed E-state index contributed by atoms with van der Waals surface area (Å²) in [6.07, 6.45) is 2.33. The summed E-state index contributed by atoms with van der Waals surface area (Å²) in [5.74, 6) is -1.36. The number of hydrogen-bond acceptors (Lipinski definition) is 8. The van der Waals surface area contributed by atoms with Crippen LogP contribution in [0.3, 0.4) is 0 Å². The van der Waals surface area contributed by atoms with Crippen LogP contribution < -0.4 is 5.32 Å². The quantitative estimate of drug-likeness (QED) is 0.621. The lowest BCUT2D eigenvalue weighted by molar-refractivity contribution is -0.138. The van der Waals surface area contributed by atoms with Gasteiger partial charge in [-0.05, 0) is 29.5 Å². The Morgan fingerprint density at radius 2 is 1.91 bits per heavy atom. The zero-order valence-electron chi connectivity index (χ0n) is 11.9. The summed E-state index contributed by atoms with van der Waals surface area (Å²) in [4.78, 5) is 24.2. The van der Waals surface area contributed by atoms with E-state index in [-0.39, 0.29) is 5.70 Å². The second kappa shape index (κ2) is 6.97. The third-order valence-corrected chi connectivity index (χ3v) is 2.59. The van der Waals surface area contributed by atoms with Crippen molar-refractivity contribution < 1.29 is 19.1 Å². The fourth-order valence-corrected chi connectivity index (χ4v) is 1.55. The van der Waals surface area contributed by atoms with Gasteiger partial charge in [-0.3, -0.25) is 0 Å². The van der Waals surface area contributed by atoms with Crippen LogP contribution in [0, 0.1) is 0 Å². The van der Waals surface area contributed by atoms with Crippen molar-refractivity contribution in [3.8, 4) is 5.69 Å². The van der Waals surface area contributed by atoms with E-state index in [0.29, 0.717) is 11.4 Å². The summed E-state index contributed by atoms with van der Waals surface area (Å²) in [5, 5.41) is 14.1. The number of carbonyl (C=O) groups is 2. The standard InChI is InChI=1S/C13H13N5O4/c1-21-12(19)7-11(13(20)22-2)16-9-3-5-10(6-4-9)18-15-8-14-17-18/h3-8,16H,1-2H3/b11-7+. The number of esters is 2. The number of ether oxygens (including phenoxy) is 2. The molecule has 0 unspecified atom stereocenters. The molecule has 22 heavy (non-hydrogen) atoms. The van der Waals surface area contributed by atoms with Gasteiger partial charge in [-0.2, -0.15) is 0 Å². The predicted octanol–water partition coefficient (Wildman–Crippen LogP) is 0.304. The Morgan fingerprint density at radius 3 is 2.45 bits per heavy atom. The fraction of sp³-hybridized carbons (Fsp3) is 0.154. The lowest BCUT2D eigenvalue weighted by Gasteiger charge is -2.09. The maximum absolute atomic E-state index is 11.6. The van der Waals surface area contributed by atoms with Gasteiger partial charge in [0, 0.05) is 5.69 Å². The molecule has 0 aliphatic heterocycles. The Bertz CT molecular complexity index is 679. The molecule has 0 fully saturated rings. The normalized spacial score (nSPS) is 10.9. The second-order valence-corrected chi connectivity index (χ2v) is 3.97. The van der Waals surface area contributed by atoms with Gasteiger partial charge in [-0.1, -0.05) is 0 Å². The van der Waals surface area contributed by atoms with E-state index in [0.717, 1.165) is 6.08 Å². The van der Waals surface area contributed by atoms with Crippen LogP contribution in [0.15, 0.2) is 42.4 Å². The van der Waals surface area contributed by atoms with Crippen LogP contribution in [0.2, 0.25) is 0 Å². The Morgan fingerprint density at radius 1 is 1.18 bits per heavy atom. The van der Waals surface area contributed by atoms with E-state index in [2.05, 4.69) is 30.2 Å². The molecule has 0 atom stereocenters. The molecule has 0 amide bonds. The van der Waals surface area contributed by atoms with Gasteiger partial charge >= 0.3 is 11.9 Å². The van der Waals surface area contributed by atoms with E-state index >= 15 is 0 Å². The largest absolute Gasteiger partial charge is 0.466 e. The van der Waals surface area contributed by atoms with Crippen LogP contribution in [0.4, 0.5) is 5.69 Å². The van der Waals surface area contributed by atoms with E-state index in [1.54, 1.807) is 24.3 Å². The summed E-state index contributed by atoms with van der Waals surface area (Å²) in [5.41, 5.74) is 1.23. The number of carbonyl (C=O) groups excluding carboxylic acids is 2. The molecule has 1 heterocycles. The zero-order valence-corrected chi connectivity index (χ0v) is 11.9. The van der Waals surface area contributed by atoms with Crippen molar-refractivity contribution in [2.75, 3.05) is 19.5 Å². The maximum atomic E-state index is 11.6. The minimum absolute atomic E-state index is 0.0408. The Balaban J connectivity index is 2.18. The van der Waals surface area contributed by atoms with E-state index < -0.39 is 11.9 Å². The number of hydrogen-bond donors (Lipinski definition) is 1. The highest BCUT2D eigenvalue weighted by molar-refractivity contribution is 5.98. The molecule has 1 aromatic heterocycles.